The fourth-order valence-corrected chi connectivity index (χ4v) is 2.60. The highest BCUT2D eigenvalue weighted by atomic mass is 14.5. The Kier molecular flexibility index (Phi) is 5.82. The molecule has 0 heterocycles. The van der Waals surface area contributed by atoms with Gasteiger partial charge in [-0.05, 0) is 56.2 Å². The quantitative estimate of drug-likeness (QED) is 0.802. The van der Waals surface area contributed by atoms with E-state index in [1.807, 2.05) is 0 Å². The molecule has 1 atom stereocenters. The van der Waals surface area contributed by atoms with Crippen LogP contribution >= 0.6 is 0 Å². The Hall–Kier alpha value is -1.60. The van der Waals surface area contributed by atoms with Crippen molar-refractivity contribution in [1.29, 1.82) is 0 Å². The highest BCUT2D eigenvalue weighted by Crippen LogP contribution is 2.16. The van der Waals surface area contributed by atoms with Gasteiger partial charge >= 0.3 is 0 Å². The molecule has 2 aromatic carbocycles. The summed E-state index contributed by atoms with van der Waals surface area (Å²) in [4.78, 5) is 0. The van der Waals surface area contributed by atoms with Gasteiger partial charge in [-0.1, -0.05) is 60.2 Å². The van der Waals surface area contributed by atoms with Crippen LogP contribution in [0.3, 0.4) is 0 Å². The Morgan fingerprint density at radius 1 is 0.900 bits per heavy atom. The van der Waals surface area contributed by atoms with E-state index in [1.165, 1.54) is 29.5 Å². The summed E-state index contributed by atoms with van der Waals surface area (Å²) >= 11 is 0. The van der Waals surface area contributed by atoms with Crippen molar-refractivity contribution in [2.75, 3.05) is 6.54 Å². The molecule has 0 saturated heterocycles. The molecule has 0 aliphatic carbocycles. The van der Waals surface area contributed by atoms with E-state index in [2.05, 4.69) is 61.5 Å². The number of aryl methyl sites for hydroxylation is 2. The second-order valence-electron chi connectivity index (χ2n) is 5.67. The third-order valence-corrected chi connectivity index (χ3v) is 3.90. The van der Waals surface area contributed by atoms with Crippen LogP contribution in [0, 0.1) is 12.8 Å². The SMILES string of the molecule is Cc1ccc(CC(CN)CCCc2ccccc2)cc1. The average molecular weight is 267 g/mol. The van der Waals surface area contributed by atoms with E-state index in [0.29, 0.717) is 5.92 Å². The molecule has 1 nitrogen and oxygen atoms in total. The fourth-order valence-electron chi connectivity index (χ4n) is 2.60. The number of hydrogen-bond donors (Lipinski definition) is 1. The van der Waals surface area contributed by atoms with Gasteiger partial charge in [-0.15, -0.1) is 0 Å². The Morgan fingerprint density at radius 2 is 1.60 bits per heavy atom. The molecule has 0 fully saturated rings. The molecule has 0 amide bonds. The van der Waals surface area contributed by atoms with Gasteiger partial charge in [0.25, 0.3) is 0 Å². The zero-order chi connectivity index (χ0) is 14.2. The third kappa shape index (κ3) is 4.82. The standard InChI is InChI=1S/C19H25N/c1-16-10-12-18(13-11-16)14-19(15-20)9-5-8-17-6-3-2-4-7-17/h2-4,6-7,10-13,19H,5,8-9,14-15,20H2,1H3. The molecular formula is C19H25N. The first kappa shape index (κ1) is 14.8. The van der Waals surface area contributed by atoms with E-state index < -0.39 is 0 Å². The third-order valence-electron chi connectivity index (χ3n) is 3.90. The van der Waals surface area contributed by atoms with E-state index in [9.17, 15) is 0 Å². The van der Waals surface area contributed by atoms with Crippen molar-refractivity contribution < 1.29 is 0 Å². The van der Waals surface area contributed by atoms with Gasteiger partial charge < -0.3 is 5.73 Å². The van der Waals surface area contributed by atoms with Gasteiger partial charge in [0.1, 0.15) is 0 Å². The number of rotatable bonds is 7. The zero-order valence-electron chi connectivity index (χ0n) is 12.4. The van der Waals surface area contributed by atoms with Crippen LogP contribution in [0.2, 0.25) is 0 Å². The van der Waals surface area contributed by atoms with Gasteiger partial charge in [-0.25, -0.2) is 0 Å². The lowest BCUT2D eigenvalue weighted by Crippen LogP contribution is -2.17. The van der Waals surface area contributed by atoms with Crippen molar-refractivity contribution in [3.63, 3.8) is 0 Å². The van der Waals surface area contributed by atoms with Crippen molar-refractivity contribution in [3.8, 4) is 0 Å². The van der Waals surface area contributed by atoms with Crippen LogP contribution < -0.4 is 5.73 Å². The summed E-state index contributed by atoms with van der Waals surface area (Å²) in [6, 6.07) is 19.5. The maximum atomic E-state index is 5.93. The summed E-state index contributed by atoms with van der Waals surface area (Å²) in [7, 11) is 0. The van der Waals surface area contributed by atoms with Gasteiger partial charge in [0, 0.05) is 0 Å². The molecule has 1 unspecified atom stereocenters. The lowest BCUT2D eigenvalue weighted by atomic mass is 9.93. The van der Waals surface area contributed by atoms with Gasteiger partial charge in [-0.2, -0.15) is 0 Å². The van der Waals surface area contributed by atoms with Gasteiger partial charge in [-0.3, -0.25) is 0 Å². The molecule has 2 aromatic rings. The molecular weight excluding hydrogens is 242 g/mol. The van der Waals surface area contributed by atoms with E-state index >= 15 is 0 Å². The smallest absolute Gasteiger partial charge is 0.00457 e. The zero-order valence-corrected chi connectivity index (χ0v) is 12.4. The monoisotopic (exact) mass is 267 g/mol. The van der Waals surface area contributed by atoms with Crippen LogP contribution in [0.25, 0.3) is 0 Å². The van der Waals surface area contributed by atoms with Crippen molar-refractivity contribution in [2.45, 2.75) is 32.6 Å². The summed E-state index contributed by atoms with van der Waals surface area (Å²) < 4.78 is 0. The Balaban J connectivity index is 1.79. The first-order valence-corrected chi connectivity index (χ1v) is 7.57. The molecule has 0 saturated carbocycles. The molecule has 0 aliphatic rings. The van der Waals surface area contributed by atoms with Gasteiger partial charge in [0.15, 0.2) is 0 Å². The van der Waals surface area contributed by atoms with Crippen LogP contribution in [0.5, 0.6) is 0 Å². The van der Waals surface area contributed by atoms with Gasteiger partial charge in [0.05, 0.1) is 0 Å². The Labute approximate surface area is 122 Å². The van der Waals surface area contributed by atoms with E-state index in [-0.39, 0.29) is 0 Å². The summed E-state index contributed by atoms with van der Waals surface area (Å²) in [5.41, 5.74) is 10.1. The molecule has 2 rings (SSSR count). The predicted octanol–water partition coefficient (Wildman–Crippen LogP) is 4.14. The molecule has 2 N–H and O–H groups in total. The van der Waals surface area contributed by atoms with Crippen molar-refractivity contribution in [2.24, 2.45) is 11.7 Å². The largest absolute Gasteiger partial charge is 0.330 e. The molecule has 20 heavy (non-hydrogen) atoms. The van der Waals surface area contributed by atoms with Crippen molar-refractivity contribution in [1.82, 2.24) is 0 Å². The predicted molar refractivity (Wildman–Crippen MR) is 86.8 cm³/mol. The summed E-state index contributed by atoms with van der Waals surface area (Å²) in [6.07, 6.45) is 4.69. The highest BCUT2D eigenvalue weighted by Gasteiger charge is 2.08. The van der Waals surface area contributed by atoms with Crippen molar-refractivity contribution >= 4 is 0 Å². The van der Waals surface area contributed by atoms with Gasteiger partial charge in [0.2, 0.25) is 0 Å². The average Bonchev–Trinajstić information content (AvgIpc) is 2.49. The molecule has 106 valence electrons. The van der Waals surface area contributed by atoms with Crippen molar-refractivity contribution in [3.05, 3.63) is 71.3 Å². The number of nitrogens with two attached hydrogens (primary N) is 1. The minimum Gasteiger partial charge on any atom is -0.330 e. The van der Waals surface area contributed by atoms with Crippen LogP contribution in [0.4, 0.5) is 0 Å². The van der Waals surface area contributed by atoms with E-state index in [0.717, 1.165) is 19.4 Å². The van der Waals surface area contributed by atoms with Crippen LogP contribution in [0.1, 0.15) is 29.5 Å². The number of hydrogen-bond acceptors (Lipinski definition) is 1. The first-order valence-electron chi connectivity index (χ1n) is 7.57. The highest BCUT2D eigenvalue weighted by molar-refractivity contribution is 5.21. The lowest BCUT2D eigenvalue weighted by Gasteiger charge is -2.15. The van der Waals surface area contributed by atoms with Crippen LogP contribution in [-0.4, -0.2) is 6.54 Å². The van der Waals surface area contributed by atoms with Crippen LogP contribution in [-0.2, 0) is 12.8 Å². The molecule has 0 spiro atoms. The first-order chi connectivity index (χ1) is 9.78. The molecule has 1 heteroatoms. The minimum atomic E-state index is 0.599. The van der Waals surface area contributed by atoms with Crippen LogP contribution in [0.15, 0.2) is 54.6 Å². The molecule has 0 aliphatic heterocycles. The van der Waals surface area contributed by atoms with E-state index in [4.69, 9.17) is 5.73 Å². The molecule has 0 aromatic heterocycles. The Bertz CT molecular complexity index is 487. The maximum absolute atomic E-state index is 5.93. The maximum Gasteiger partial charge on any atom is -0.00457 e. The fraction of sp³-hybridized carbons (Fsp3) is 0.368. The second kappa shape index (κ2) is 7.86. The molecule has 0 radical (unpaired) electrons. The normalized spacial score (nSPS) is 12.3. The summed E-state index contributed by atoms with van der Waals surface area (Å²) in [5, 5.41) is 0. The van der Waals surface area contributed by atoms with E-state index in [1.54, 1.807) is 0 Å². The Morgan fingerprint density at radius 3 is 2.25 bits per heavy atom. The topological polar surface area (TPSA) is 26.0 Å². The lowest BCUT2D eigenvalue weighted by molar-refractivity contribution is 0.476. The summed E-state index contributed by atoms with van der Waals surface area (Å²) in [5.74, 6) is 0.599. The molecule has 0 bridgehead atoms. The second-order valence-corrected chi connectivity index (χ2v) is 5.67. The summed E-state index contributed by atoms with van der Waals surface area (Å²) in [6.45, 7) is 2.91. The minimum absolute atomic E-state index is 0.599. The number of benzene rings is 2.